The first-order chi connectivity index (χ1) is 6.87. The molecule has 0 aliphatic heterocycles. The Hall–Kier alpha value is -0.530. The third-order valence-electron chi connectivity index (χ3n) is 5.27. The molecule has 0 saturated heterocycles. The first kappa shape index (κ1) is 11.0. The standard InChI is InChI=1S/C13H22O2/c1-9(14)15-8-10-7-13(4)6-5-11(10)12(13,2)3/h10-11H,5-8H2,1-4H3/t10-,11-,13-/m0/s1. The summed E-state index contributed by atoms with van der Waals surface area (Å²) in [5, 5.41) is 0. The van der Waals surface area contributed by atoms with Crippen LogP contribution in [0.5, 0.6) is 0 Å². The number of hydrogen-bond acceptors (Lipinski definition) is 2. The molecule has 3 atom stereocenters. The second kappa shape index (κ2) is 3.23. The van der Waals surface area contributed by atoms with E-state index in [2.05, 4.69) is 20.8 Å². The Balaban J connectivity index is 2.05. The molecule has 0 amide bonds. The Labute approximate surface area is 92.4 Å². The van der Waals surface area contributed by atoms with Gasteiger partial charge >= 0.3 is 5.97 Å². The fraction of sp³-hybridized carbons (Fsp3) is 0.923. The van der Waals surface area contributed by atoms with Gasteiger partial charge in [0.2, 0.25) is 0 Å². The van der Waals surface area contributed by atoms with Crippen molar-refractivity contribution in [2.75, 3.05) is 6.61 Å². The van der Waals surface area contributed by atoms with Crippen LogP contribution in [-0.2, 0) is 9.53 Å². The molecule has 0 aromatic heterocycles. The quantitative estimate of drug-likeness (QED) is 0.655. The number of fused-ring (bicyclic) bond motifs is 2. The average molecular weight is 210 g/mol. The minimum absolute atomic E-state index is 0.138. The first-order valence-corrected chi connectivity index (χ1v) is 6.00. The normalized spacial score (nSPS) is 41.9. The Kier molecular flexibility index (Phi) is 2.36. The van der Waals surface area contributed by atoms with Crippen molar-refractivity contribution < 1.29 is 9.53 Å². The Bertz CT molecular complexity index is 280. The van der Waals surface area contributed by atoms with Crippen molar-refractivity contribution in [3.63, 3.8) is 0 Å². The summed E-state index contributed by atoms with van der Waals surface area (Å²) in [6, 6.07) is 0. The van der Waals surface area contributed by atoms with Crippen LogP contribution >= 0.6 is 0 Å². The predicted octanol–water partition coefficient (Wildman–Crippen LogP) is 3.01. The van der Waals surface area contributed by atoms with Crippen molar-refractivity contribution in [3.8, 4) is 0 Å². The molecule has 0 N–H and O–H groups in total. The second-order valence-corrected chi connectivity index (χ2v) is 6.19. The van der Waals surface area contributed by atoms with Crippen LogP contribution in [0.25, 0.3) is 0 Å². The molecule has 0 aromatic carbocycles. The number of esters is 1. The fourth-order valence-corrected chi connectivity index (χ4v) is 3.92. The van der Waals surface area contributed by atoms with E-state index in [9.17, 15) is 4.79 Å². The summed E-state index contributed by atoms with van der Waals surface area (Å²) in [6.07, 6.45) is 3.90. The maximum absolute atomic E-state index is 10.8. The summed E-state index contributed by atoms with van der Waals surface area (Å²) in [7, 11) is 0. The highest BCUT2D eigenvalue weighted by Gasteiger charge is 2.60. The molecule has 86 valence electrons. The SMILES string of the molecule is CC(=O)OC[C@@H]1C[C@]2(C)CC[C@@H]1C2(C)C. The molecule has 2 bridgehead atoms. The van der Waals surface area contributed by atoms with Gasteiger partial charge in [0.05, 0.1) is 6.61 Å². The Morgan fingerprint density at radius 1 is 1.40 bits per heavy atom. The fourth-order valence-electron chi connectivity index (χ4n) is 3.92. The van der Waals surface area contributed by atoms with Crippen LogP contribution in [-0.4, -0.2) is 12.6 Å². The summed E-state index contributed by atoms with van der Waals surface area (Å²) in [5.74, 6) is 1.21. The van der Waals surface area contributed by atoms with Crippen LogP contribution in [0.15, 0.2) is 0 Å². The van der Waals surface area contributed by atoms with E-state index in [0.717, 1.165) is 5.92 Å². The summed E-state index contributed by atoms with van der Waals surface area (Å²) in [6.45, 7) is 9.32. The molecule has 2 rings (SSSR count). The third-order valence-corrected chi connectivity index (χ3v) is 5.27. The molecule has 0 radical (unpaired) electrons. The molecule has 0 heterocycles. The van der Waals surface area contributed by atoms with Crippen molar-refractivity contribution in [1.29, 1.82) is 0 Å². The highest BCUT2D eigenvalue weighted by molar-refractivity contribution is 5.65. The van der Waals surface area contributed by atoms with Gasteiger partial charge in [-0.25, -0.2) is 0 Å². The minimum Gasteiger partial charge on any atom is -0.466 e. The lowest BCUT2D eigenvalue weighted by Crippen LogP contribution is -2.26. The van der Waals surface area contributed by atoms with Crippen LogP contribution in [0.2, 0.25) is 0 Å². The lowest BCUT2D eigenvalue weighted by molar-refractivity contribution is -0.143. The van der Waals surface area contributed by atoms with Crippen LogP contribution in [0.3, 0.4) is 0 Å². The van der Waals surface area contributed by atoms with Gasteiger partial charge in [0.15, 0.2) is 0 Å². The molecule has 2 heteroatoms. The monoisotopic (exact) mass is 210 g/mol. The highest BCUT2D eigenvalue weighted by Crippen LogP contribution is 2.67. The van der Waals surface area contributed by atoms with E-state index < -0.39 is 0 Å². The molecule has 2 saturated carbocycles. The zero-order valence-corrected chi connectivity index (χ0v) is 10.3. The minimum atomic E-state index is -0.138. The molecular formula is C13H22O2. The van der Waals surface area contributed by atoms with Gasteiger partial charge < -0.3 is 4.74 Å². The molecule has 2 aliphatic carbocycles. The van der Waals surface area contributed by atoms with Gasteiger partial charge in [-0.15, -0.1) is 0 Å². The van der Waals surface area contributed by atoms with Crippen molar-refractivity contribution in [2.24, 2.45) is 22.7 Å². The van der Waals surface area contributed by atoms with Crippen LogP contribution < -0.4 is 0 Å². The smallest absolute Gasteiger partial charge is 0.302 e. The lowest BCUT2D eigenvalue weighted by atomic mass is 9.71. The lowest BCUT2D eigenvalue weighted by Gasteiger charge is -2.34. The maximum atomic E-state index is 10.8. The van der Waals surface area contributed by atoms with E-state index in [1.807, 2.05) is 0 Å². The van der Waals surface area contributed by atoms with Gasteiger partial charge in [-0.3, -0.25) is 4.79 Å². The van der Waals surface area contributed by atoms with Gasteiger partial charge in [0.1, 0.15) is 0 Å². The van der Waals surface area contributed by atoms with E-state index in [-0.39, 0.29) is 5.97 Å². The van der Waals surface area contributed by atoms with E-state index in [0.29, 0.717) is 23.4 Å². The predicted molar refractivity (Wildman–Crippen MR) is 59.4 cm³/mol. The summed E-state index contributed by atoms with van der Waals surface area (Å²) < 4.78 is 5.18. The van der Waals surface area contributed by atoms with Crippen molar-refractivity contribution in [3.05, 3.63) is 0 Å². The van der Waals surface area contributed by atoms with E-state index in [4.69, 9.17) is 4.74 Å². The number of rotatable bonds is 2. The topological polar surface area (TPSA) is 26.3 Å². The Morgan fingerprint density at radius 3 is 2.47 bits per heavy atom. The van der Waals surface area contributed by atoms with Crippen molar-refractivity contribution >= 4 is 5.97 Å². The summed E-state index contributed by atoms with van der Waals surface area (Å²) in [5.41, 5.74) is 0.903. The number of carbonyl (C=O) groups is 1. The summed E-state index contributed by atoms with van der Waals surface area (Å²) >= 11 is 0. The average Bonchev–Trinajstić information content (AvgIpc) is 2.45. The zero-order chi connectivity index (χ0) is 11.3. The molecule has 0 aromatic rings. The van der Waals surface area contributed by atoms with Crippen molar-refractivity contribution in [1.82, 2.24) is 0 Å². The van der Waals surface area contributed by atoms with Crippen LogP contribution in [0.4, 0.5) is 0 Å². The maximum Gasteiger partial charge on any atom is 0.302 e. The number of carbonyl (C=O) groups excluding carboxylic acids is 1. The van der Waals surface area contributed by atoms with Crippen LogP contribution in [0.1, 0.15) is 47.0 Å². The van der Waals surface area contributed by atoms with Gasteiger partial charge in [-0.1, -0.05) is 20.8 Å². The highest BCUT2D eigenvalue weighted by atomic mass is 16.5. The third kappa shape index (κ3) is 1.49. The molecule has 2 fully saturated rings. The molecule has 0 spiro atoms. The molecule has 0 unspecified atom stereocenters. The van der Waals surface area contributed by atoms with E-state index in [1.54, 1.807) is 0 Å². The Morgan fingerprint density at radius 2 is 2.07 bits per heavy atom. The zero-order valence-electron chi connectivity index (χ0n) is 10.3. The summed E-state index contributed by atoms with van der Waals surface area (Å²) in [4.78, 5) is 10.8. The number of hydrogen-bond donors (Lipinski definition) is 0. The molecule has 2 aliphatic rings. The van der Waals surface area contributed by atoms with Gasteiger partial charge in [0, 0.05) is 6.92 Å². The second-order valence-electron chi connectivity index (χ2n) is 6.19. The van der Waals surface area contributed by atoms with Crippen LogP contribution in [0, 0.1) is 22.7 Å². The number of ether oxygens (including phenoxy) is 1. The van der Waals surface area contributed by atoms with Crippen molar-refractivity contribution in [2.45, 2.75) is 47.0 Å². The molecular weight excluding hydrogens is 188 g/mol. The molecule has 2 nitrogen and oxygen atoms in total. The van der Waals surface area contributed by atoms with Gasteiger partial charge in [-0.2, -0.15) is 0 Å². The van der Waals surface area contributed by atoms with Gasteiger partial charge in [0.25, 0.3) is 0 Å². The van der Waals surface area contributed by atoms with Gasteiger partial charge in [-0.05, 0) is 41.9 Å². The van der Waals surface area contributed by atoms with E-state index in [1.165, 1.54) is 26.2 Å². The van der Waals surface area contributed by atoms with E-state index >= 15 is 0 Å². The molecule has 15 heavy (non-hydrogen) atoms. The first-order valence-electron chi connectivity index (χ1n) is 6.00. The largest absolute Gasteiger partial charge is 0.466 e.